The number of ketones is 1. The van der Waals surface area contributed by atoms with Crippen molar-refractivity contribution in [3.05, 3.63) is 33.8 Å². The molecule has 1 N–H and O–H groups in total. The summed E-state index contributed by atoms with van der Waals surface area (Å²) in [7, 11) is 1.67. The number of aromatic nitrogens is 2. The fourth-order valence-corrected chi connectivity index (χ4v) is 4.22. The molecule has 0 bridgehead atoms. The van der Waals surface area contributed by atoms with E-state index in [0.29, 0.717) is 22.3 Å². The number of carbonyl (C=O) groups excluding carboxylic acids is 1. The third kappa shape index (κ3) is 4.11. The van der Waals surface area contributed by atoms with Gasteiger partial charge in [0.1, 0.15) is 0 Å². The fraction of sp³-hybridized carbons (Fsp3) is 0.500. The number of nitrogens with one attached hydrogen (secondary N) is 1. The highest BCUT2D eigenvalue weighted by molar-refractivity contribution is 7.98. The lowest BCUT2D eigenvalue weighted by Gasteiger charge is -2.31. The van der Waals surface area contributed by atoms with Crippen molar-refractivity contribution >= 4 is 40.0 Å². The number of methoxy groups -OCH3 is 1. The lowest BCUT2D eigenvalue weighted by molar-refractivity contribution is -0.121. The Kier molecular flexibility index (Phi) is 6.34. The van der Waals surface area contributed by atoms with E-state index in [1.807, 2.05) is 6.26 Å². The Balaban J connectivity index is 1.79. The van der Waals surface area contributed by atoms with E-state index >= 15 is 0 Å². The van der Waals surface area contributed by atoms with Gasteiger partial charge >= 0.3 is 0 Å². The van der Waals surface area contributed by atoms with E-state index in [1.165, 1.54) is 22.7 Å². The summed E-state index contributed by atoms with van der Waals surface area (Å²) in [6.07, 6.45) is 5.69. The summed E-state index contributed by atoms with van der Waals surface area (Å²) in [5.74, 6) is -0.0264. The Labute approximate surface area is 161 Å². The average molecular weight is 396 g/mol. The van der Waals surface area contributed by atoms with Crippen molar-refractivity contribution in [2.45, 2.75) is 42.8 Å². The van der Waals surface area contributed by atoms with Crippen molar-refractivity contribution in [2.24, 2.45) is 0 Å². The summed E-state index contributed by atoms with van der Waals surface area (Å²) in [6.45, 7) is 0.879. The quantitative estimate of drug-likeness (QED) is 0.757. The predicted octanol–water partition coefficient (Wildman–Crippen LogP) is 2.50. The maximum atomic E-state index is 12.7. The molecule has 1 aliphatic heterocycles. The van der Waals surface area contributed by atoms with Gasteiger partial charge in [-0.1, -0.05) is 11.6 Å². The molecular weight excluding hydrogens is 374 g/mol. The molecule has 140 valence electrons. The van der Waals surface area contributed by atoms with Crippen molar-refractivity contribution < 1.29 is 9.53 Å². The van der Waals surface area contributed by atoms with Crippen LogP contribution in [0.3, 0.4) is 0 Å². The highest BCUT2D eigenvalue weighted by Gasteiger charge is 2.26. The van der Waals surface area contributed by atoms with Crippen LogP contribution in [0.25, 0.3) is 10.9 Å². The number of benzene rings is 1. The van der Waals surface area contributed by atoms with Crippen LogP contribution in [0.1, 0.15) is 19.3 Å². The smallest absolute Gasteiger partial charge is 0.261 e. The molecule has 2 aromatic rings. The van der Waals surface area contributed by atoms with Gasteiger partial charge in [-0.3, -0.25) is 14.2 Å². The first kappa shape index (κ1) is 19.4. The maximum absolute atomic E-state index is 12.7. The lowest BCUT2D eigenvalue weighted by Crippen LogP contribution is -2.47. The molecule has 8 heteroatoms. The molecule has 1 saturated heterocycles. The minimum Gasteiger partial charge on any atom is -0.380 e. The second kappa shape index (κ2) is 8.52. The number of piperidine rings is 1. The van der Waals surface area contributed by atoms with E-state index in [4.69, 9.17) is 16.3 Å². The first-order valence-electron chi connectivity index (χ1n) is 8.54. The molecule has 0 spiro atoms. The van der Waals surface area contributed by atoms with Crippen LogP contribution in [-0.2, 0) is 16.1 Å². The van der Waals surface area contributed by atoms with Gasteiger partial charge in [0.05, 0.1) is 34.9 Å². The van der Waals surface area contributed by atoms with Crippen molar-refractivity contribution in [3.8, 4) is 0 Å². The van der Waals surface area contributed by atoms with Gasteiger partial charge in [0.25, 0.3) is 5.56 Å². The third-order valence-corrected chi connectivity index (χ3v) is 5.92. The second-order valence-corrected chi connectivity index (χ2v) is 7.66. The molecule has 0 amide bonds. The zero-order valence-corrected chi connectivity index (χ0v) is 16.4. The maximum Gasteiger partial charge on any atom is 0.261 e. The van der Waals surface area contributed by atoms with Crippen LogP contribution in [0.15, 0.2) is 28.2 Å². The van der Waals surface area contributed by atoms with Crippen LogP contribution in [0, 0.1) is 0 Å². The number of carbonyl (C=O) groups is 1. The monoisotopic (exact) mass is 395 g/mol. The lowest BCUT2D eigenvalue weighted by atomic mass is 9.96. The van der Waals surface area contributed by atoms with Crippen LogP contribution in [0.4, 0.5) is 0 Å². The van der Waals surface area contributed by atoms with Crippen molar-refractivity contribution in [1.82, 2.24) is 14.9 Å². The topological polar surface area (TPSA) is 73.2 Å². The number of halogens is 1. The van der Waals surface area contributed by atoms with Crippen molar-refractivity contribution in [3.63, 3.8) is 0 Å². The number of nitrogens with zero attached hydrogens (tertiary/aromatic N) is 2. The molecular formula is C18H22ClN3O3S. The van der Waals surface area contributed by atoms with Crippen LogP contribution in [0.2, 0.25) is 5.02 Å². The molecule has 1 aliphatic rings. The van der Waals surface area contributed by atoms with E-state index in [0.717, 1.165) is 24.3 Å². The molecule has 1 aromatic heterocycles. The standard InChI is InChI=1S/C18H22ClN3O3S/c1-25-16-4-3-5-20-15(16)6-11(23)9-22-10-21-14-8-17(26-2)13(19)7-12(14)18(22)24/h7-8,10,15-16,20H,3-6,9H2,1-2H3. The zero-order valence-electron chi connectivity index (χ0n) is 14.8. The van der Waals surface area contributed by atoms with Crippen LogP contribution >= 0.6 is 23.4 Å². The van der Waals surface area contributed by atoms with Gasteiger partial charge in [0, 0.05) is 24.5 Å². The molecule has 26 heavy (non-hydrogen) atoms. The fourth-order valence-electron chi connectivity index (χ4n) is 3.34. The third-order valence-electron chi connectivity index (χ3n) is 4.72. The number of ether oxygens (including phenoxy) is 1. The number of fused-ring (bicyclic) bond motifs is 1. The number of hydrogen-bond donors (Lipinski definition) is 1. The van der Waals surface area contributed by atoms with E-state index in [9.17, 15) is 9.59 Å². The molecule has 0 aliphatic carbocycles. The van der Waals surface area contributed by atoms with E-state index in [2.05, 4.69) is 10.3 Å². The van der Waals surface area contributed by atoms with E-state index in [1.54, 1.807) is 19.2 Å². The number of thioether (sulfide) groups is 1. The highest BCUT2D eigenvalue weighted by atomic mass is 35.5. The van der Waals surface area contributed by atoms with Gasteiger partial charge in [-0.15, -0.1) is 11.8 Å². The molecule has 6 nitrogen and oxygen atoms in total. The van der Waals surface area contributed by atoms with Gasteiger partial charge in [-0.2, -0.15) is 0 Å². The van der Waals surface area contributed by atoms with Gasteiger partial charge in [-0.25, -0.2) is 4.98 Å². The van der Waals surface area contributed by atoms with Gasteiger partial charge in [0.2, 0.25) is 0 Å². The van der Waals surface area contributed by atoms with E-state index in [-0.39, 0.29) is 30.0 Å². The minimum absolute atomic E-state index is 0.00170. The molecule has 2 unspecified atom stereocenters. The first-order chi connectivity index (χ1) is 12.5. The summed E-state index contributed by atoms with van der Waals surface area (Å²) in [5, 5.41) is 4.27. The summed E-state index contributed by atoms with van der Waals surface area (Å²) < 4.78 is 6.81. The minimum atomic E-state index is -0.252. The van der Waals surface area contributed by atoms with Crippen molar-refractivity contribution in [2.75, 3.05) is 19.9 Å². The zero-order chi connectivity index (χ0) is 18.7. The predicted molar refractivity (Wildman–Crippen MR) is 104 cm³/mol. The second-order valence-electron chi connectivity index (χ2n) is 6.40. The summed E-state index contributed by atoms with van der Waals surface area (Å²) in [6, 6.07) is 3.41. The van der Waals surface area contributed by atoms with Crippen LogP contribution in [-0.4, -0.2) is 47.4 Å². The molecule has 1 fully saturated rings. The Morgan fingerprint density at radius 2 is 2.31 bits per heavy atom. The highest BCUT2D eigenvalue weighted by Crippen LogP contribution is 2.28. The Morgan fingerprint density at radius 3 is 3.04 bits per heavy atom. The number of Topliss-reactive ketones (excluding diaryl/α,β-unsaturated/α-hetero) is 1. The van der Waals surface area contributed by atoms with E-state index < -0.39 is 0 Å². The molecule has 0 saturated carbocycles. The number of hydrogen-bond acceptors (Lipinski definition) is 6. The Bertz CT molecular complexity index is 871. The summed E-state index contributed by atoms with van der Waals surface area (Å²) in [5.41, 5.74) is 0.332. The first-order valence-corrected chi connectivity index (χ1v) is 10.1. The Hall–Kier alpha value is -1.41. The summed E-state index contributed by atoms with van der Waals surface area (Å²) >= 11 is 7.71. The van der Waals surface area contributed by atoms with Crippen molar-refractivity contribution in [1.29, 1.82) is 0 Å². The number of rotatable bonds is 6. The molecule has 3 rings (SSSR count). The SMILES string of the molecule is COC1CCCNC1CC(=O)Cn1cnc2cc(SC)c(Cl)cc2c1=O. The molecule has 2 heterocycles. The summed E-state index contributed by atoms with van der Waals surface area (Å²) in [4.78, 5) is 30.4. The average Bonchev–Trinajstić information content (AvgIpc) is 2.64. The largest absolute Gasteiger partial charge is 0.380 e. The van der Waals surface area contributed by atoms with Gasteiger partial charge in [0.15, 0.2) is 5.78 Å². The molecule has 2 atom stereocenters. The normalized spacial score (nSPS) is 20.4. The molecule has 1 aromatic carbocycles. The van der Waals surface area contributed by atoms with Gasteiger partial charge in [-0.05, 0) is 37.8 Å². The van der Waals surface area contributed by atoms with Gasteiger partial charge < -0.3 is 10.1 Å². The van der Waals surface area contributed by atoms with Crippen LogP contribution in [0.5, 0.6) is 0 Å². The Morgan fingerprint density at radius 1 is 1.50 bits per heavy atom. The molecule has 0 radical (unpaired) electrons. The van der Waals surface area contributed by atoms with Crippen LogP contribution < -0.4 is 10.9 Å².